The van der Waals surface area contributed by atoms with Gasteiger partial charge in [-0.3, -0.25) is 0 Å². The van der Waals surface area contributed by atoms with Crippen LogP contribution in [0.2, 0.25) is 0 Å². The molecule has 3 rings (SSSR count). The van der Waals surface area contributed by atoms with Gasteiger partial charge in [-0.15, -0.1) is 11.8 Å². The van der Waals surface area contributed by atoms with Crippen molar-refractivity contribution in [1.29, 1.82) is 0 Å². The fourth-order valence-corrected chi connectivity index (χ4v) is 4.53. The summed E-state index contributed by atoms with van der Waals surface area (Å²) in [5, 5.41) is 3.84. The summed E-state index contributed by atoms with van der Waals surface area (Å²) in [5.41, 5.74) is 1.44. The van der Waals surface area contributed by atoms with Crippen LogP contribution in [0.3, 0.4) is 0 Å². The third-order valence-corrected chi connectivity index (χ3v) is 5.86. The Bertz CT molecular complexity index is 443. The number of benzene rings is 1. The van der Waals surface area contributed by atoms with E-state index in [0.29, 0.717) is 6.04 Å². The van der Waals surface area contributed by atoms with Crippen molar-refractivity contribution in [1.82, 2.24) is 5.32 Å². The summed E-state index contributed by atoms with van der Waals surface area (Å²) in [6.07, 6.45) is 10.6. The van der Waals surface area contributed by atoms with E-state index in [9.17, 15) is 0 Å². The zero-order valence-electron chi connectivity index (χ0n) is 13.2. The first-order valence-electron chi connectivity index (χ1n) is 8.50. The minimum Gasteiger partial charge on any atom is -0.369 e. The second-order valence-corrected chi connectivity index (χ2v) is 7.28. The second-order valence-electron chi connectivity index (χ2n) is 6.43. The van der Waals surface area contributed by atoms with E-state index in [0.717, 1.165) is 5.92 Å². The van der Waals surface area contributed by atoms with Gasteiger partial charge in [0.2, 0.25) is 0 Å². The number of para-hydroxylation sites is 1. The molecule has 0 bridgehead atoms. The molecule has 0 amide bonds. The van der Waals surface area contributed by atoms with E-state index in [1.165, 1.54) is 68.7 Å². The van der Waals surface area contributed by atoms with E-state index in [-0.39, 0.29) is 0 Å². The Labute approximate surface area is 133 Å². The molecule has 2 fully saturated rings. The number of thioether (sulfide) groups is 1. The Morgan fingerprint density at radius 1 is 1.10 bits per heavy atom. The Kier molecular flexibility index (Phi) is 5.48. The first kappa shape index (κ1) is 15.2. The second kappa shape index (κ2) is 7.55. The number of rotatable bonds is 3. The Morgan fingerprint density at radius 3 is 2.71 bits per heavy atom. The predicted octanol–water partition coefficient (Wildman–Crippen LogP) is 4.16. The number of hydrogen-bond donors (Lipinski definition) is 1. The van der Waals surface area contributed by atoms with E-state index in [1.54, 1.807) is 0 Å². The summed E-state index contributed by atoms with van der Waals surface area (Å²) in [6, 6.07) is 9.58. The van der Waals surface area contributed by atoms with E-state index in [4.69, 9.17) is 0 Å². The highest BCUT2D eigenvalue weighted by atomic mass is 32.2. The Hall–Kier alpha value is -0.670. The lowest BCUT2D eigenvalue weighted by Crippen LogP contribution is -2.43. The largest absolute Gasteiger partial charge is 0.369 e. The van der Waals surface area contributed by atoms with Crippen LogP contribution in [0.4, 0.5) is 5.69 Å². The van der Waals surface area contributed by atoms with Crippen LogP contribution in [0, 0.1) is 5.92 Å². The van der Waals surface area contributed by atoms with Gasteiger partial charge in [-0.1, -0.05) is 31.4 Å². The van der Waals surface area contributed by atoms with Gasteiger partial charge >= 0.3 is 0 Å². The maximum atomic E-state index is 3.84. The van der Waals surface area contributed by atoms with Crippen molar-refractivity contribution in [3.8, 4) is 0 Å². The summed E-state index contributed by atoms with van der Waals surface area (Å²) < 4.78 is 0. The first-order valence-corrected chi connectivity index (χ1v) is 9.72. The van der Waals surface area contributed by atoms with Crippen molar-refractivity contribution >= 4 is 17.4 Å². The smallest absolute Gasteiger partial charge is 0.0504 e. The highest BCUT2D eigenvalue weighted by Crippen LogP contribution is 2.32. The van der Waals surface area contributed by atoms with E-state index in [2.05, 4.69) is 40.7 Å². The lowest BCUT2D eigenvalue weighted by molar-refractivity contribution is 0.277. The van der Waals surface area contributed by atoms with Gasteiger partial charge in [0.05, 0.1) is 5.69 Å². The molecule has 21 heavy (non-hydrogen) atoms. The van der Waals surface area contributed by atoms with Gasteiger partial charge in [-0.2, -0.15) is 0 Å². The average Bonchev–Trinajstić information content (AvgIpc) is 2.81. The molecule has 1 aliphatic heterocycles. The normalized spacial score (nSPS) is 24.8. The van der Waals surface area contributed by atoms with Crippen molar-refractivity contribution in [2.45, 2.75) is 49.5 Å². The zero-order chi connectivity index (χ0) is 14.5. The molecule has 1 unspecified atom stereocenters. The van der Waals surface area contributed by atoms with Crippen LogP contribution in [0.5, 0.6) is 0 Å². The molecule has 1 aliphatic carbocycles. The molecule has 0 spiro atoms. The van der Waals surface area contributed by atoms with Gasteiger partial charge in [-0.05, 0) is 50.1 Å². The van der Waals surface area contributed by atoms with Crippen LogP contribution in [-0.4, -0.2) is 31.9 Å². The molecule has 2 nitrogen and oxygen atoms in total. The van der Waals surface area contributed by atoms with Gasteiger partial charge in [0, 0.05) is 24.0 Å². The first-order chi connectivity index (χ1) is 10.4. The van der Waals surface area contributed by atoms with Crippen LogP contribution in [0.15, 0.2) is 29.2 Å². The van der Waals surface area contributed by atoms with Crippen molar-refractivity contribution in [2.75, 3.05) is 30.8 Å². The fraction of sp³-hybridized carbons (Fsp3) is 0.667. The van der Waals surface area contributed by atoms with Crippen LogP contribution in [0.25, 0.3) is 0 Å². The molecule has 2 aliphatic rings. The number of hydrogen-bond acceptors (Lipinski definition) is 3. The molecule has 1 heterocycles. The molecule has 1 aromatic rings. The monoisotopic (exact) mass is 304 g/mol. The van der Waals surface area contributed by atoms with Crippen molar-refractivity contribution in [3.05, 3.63) is 24.3 Å². The Balaban J connectivity index is 1.75. The highest BCUT2D eigenvalue weighted by Gasteiger charge is 2.27. The molecular weight excluding hydrogens is 276 g/mol. The highest BCUT2D eigenvalue weighted by molar-refractivity contribution is 7.98. The molecule has 1 aromatic carbocycles. The van der Waals surface area contributed by atoms with Gasteiger partial charge in [0.25, 0.3) is 0 Å². The van der Waals surface area contributed by atoms with E-state index >= 15 is 0 Å². The molecule has 0 aromatic heterocycles. The van der Waals surface area contributed by atoms with Crippen molar-refractivity contribution < 1.29 is 0 Å². The molecule has 1 N–H and O–H groups in total. The standard InChI is InChI=1S/C18H28N2S/c1-21-18-11-6-5-10-17(18)20-13-7-12-19-16(14-20)15-8-3-2-4-9-15/h5-6,10-11,15-16,19H,2-4,7-9,12-14H2,1H3. The quantitative estimate of drug-likeness (QED) is 0.844. The van der Waals surface area contributed by atoms with Crippen LogP contribution < -0.4 is 10.2 Å². The third kappa shape index (κ3) is 3.75. The van der Waals surface area contributed by atoms with Crippen molar-refractivity contribution in [3.63, 3.8) is 0 Å². The van der Waals surface area contributed by atoms with E-state index in [1.807, 2.05) is 11.8 Å². The lowest BCUT2D eigenvalue weighted by atomic mass is 9.83. The fourth-order valence-electron chi connectivity index (χ4n) is 3.91. The molecule has 1 saturated carbocycles. The molecule has 3 heteroatoms. The SMILES string of the molecule is CSc1ccccc1N1CCCNC(C2CCCCC2)C1. The van der Waals surface area contributed by atoms with Crippen LogP contribution in [0.1, 0.15) is 38.5 Å². The molecular formula is C18H28N2S. The minimum atomic E-state index is 0.683. The summed E-state index contributed by atoms with van der Waals surface area (Å²) in [7, 11) is 0. The van der Waals surface area contributed by atoms with E-state index < -0.39 is 0 Å². The van der Waals surface area contributed by atoms with Gasteiger partial charge in [-0.25, -0.2) is 0 Å². The number of nitrogens with one attached hydrogen (secondary N) is 1. The van der Waals surface area contributed by atoms with Gasteiger partial charge in [0.1, 0.15) is 0 Å². The summed E-state index contributed by atoms with van der Waals surface area (Å²) >= 11 is 1.87. The summed E-state index contributed by atoms with van der Waals surface area (Å²) in [4.78, 5) is 4.05. The van der Waals surface area contributed by atoms with Crippen molar-refractivity contribution in [2.24, 2.45) is 5.92 Å². The third-order valence-electron chi connectivity index (χ3n) is 5.07. The van der Waals surface area contributed by atoms with Gasteiger partial charge < -0.3 is 10.2 Å². The summed E-state index contributed by atoms with van der Waals surface area (Å²) in [5.74, 6) is 0.890. The van der Waals surface area contributed by atoms with Crippen LogP contribution >= 0.6 is 11.8 Å². The van der Waals surface area contributed by atoms with Gasteiger partial charge in [0.15, 0.2) is 0 Å². The lowest BCUT2D eigenvalue weighted by Gasteiger charge is -2.34. The maximum Gasteiger partial charge on any atom is 0.0504 e. The topological polar surface area (TPSA) is 15.3 Å². The minimum absolute atomic E-state index is 0.683. The summed E-state index contributed by atoms with van der Waals surface area (Å²) in [6.45, 7) is 3.55. The zero-order valence-corrected chi connectivity index (χ0v) is 14.0. The number of nitrogens with zero attached hydrogens (tertiary/aromatic N) is 1. The average molecular weight is 305 g/mol. The molecule has 0 radical (unpaired) electrons. The molecule has 1 atom stereocenters. The predicted molar refractivity (Wildman–Crippen MR) is 93.4 cm³/mol. The van der Waals surface area contributed by atoms with Crippen LogP contribution in [-0.2, 0) is 0 Å². The number of anilines is 1. The Morgan fingerprint density at radius 2 is 1.90 bits per heavy atom. The molecule has 116 valence electrons. The molecule has 1 saturated heterocycles. The maximum absolute atomic E-state index is 3.84.